The van der Waals surface area contributed by atoms with Gasteiger partial charge in [0.2, 0.25) is 6.29 Å². The van der Waals surface area contributed by atoms with E-state index in [0.717, 1.165) is 16.0 Å². The number of halogens is 1. The van der Waals surface area contributed by atoms with Crippen LogP contribution in [0.2, 0.25) is 5.02 Å². The Hall–Kier alpha value is -1.32. The van der Waals surface area contributed by atoms with Gasteiger partial charge in [-0.3, -0.25) is 0 Å². The fourth-order valence-electron chi connectivity index (χ4n) is 2.33. The molecule has 2 aromatic rings. The van der Waals surface area contributed by atoms with Crippen molar-refractivity contribution in [1.82, 2.24) is 0 Å². The van der Waals surface area contributed by atoms with Crippen molar-refractivity contribution < 1.29 is 29.9 Å². The standard InChI is InChI=1S/C19H23ClO6S/c1-11(22)17(10-21)26-19(18(23)24)25-16-8-5-13(9-15(16)20)12-3-6-14(27-2)7-4-12/h3-9,11,17-19,21-24H,10H2,1-2H3. The van der Waals surface area contributed by atoms with Gasteiger partial charge in [-0.15, -0.1) is 11.8 Å². The Bertz CT molecular complexity index is 723. The lowest BCUT2D eigenvalue weighted by atomic mass is 10.1. The van der Waals surface area contributed by atoms with Crippen molar-refractivity contribution in [2.75, 3.05) is 12.9 Å². The molecule has 0 saturated carbocycles. The SMILES string of the molecule is CSc1ccc(-c2ccc(OC(OC(CO)C(C)O)C(O)O)c(Cl)c2)cc1. The third-order valence-corrected chi connectivity index (χ3v) is 4.91. The molecule has 3 unspecified atom stereocenters. The van der Waals surface area contributed by atoms with E-state index in [1.165, 1.54) is 6.92 Å². The van der Waals surface area contributed by atoms with Gasteiger partial charge in [0.05, 0.1) is 17.7 Å². The summed E-state index contributed by atoms with van der Waals surface area (Å²) >= 11 is 7.93. The lowest BCUT2D eigenvalue weighted by Gasteiger charge is -2.27. The molecule has 0 aromatic heterocycles. The maximum absolute atomic E-state index is 9.53. The number of hydrogen-bond donors (Lipinski definition) is 4. The molecule has 0 amide bonds. The molecule has 3 atom stereocenters. The van der Waals surface area contributed by atoms with E-state index in [1.807, 2.05) is 30.5 Å². The molecule has 8 heteroatoms. The highest BCUT2D eigenvalue weighted by Crippen LogP contribution is 2.32. The normalized spacial score (nSPS) is 14.8. The third-order valence-electron chi connectivity index (χ3n) is 3.87. The molecule has 0 aliphatic rings. The van der Waals surface area contributed by atoms with Gasteiger partial charge in [0.25, 0.3) is 6.29 Å². The van der Waals surface area contributed by atoms with Crippen molar-refractivity contribution in [1.29, 1.82) is 0 Å². The van der Waals surface area contributed by atoms with Crippen LogP contribution in [0.4, 0.5) is 0 Å². The van der Waals surface area contributed by atoms with Crippen LogP contribution in [0.25, 0.3) is 11.1 Å². The smallest absolute Gasteiger partial charge is 0.251 e. The Morgan fingerprint density at radius 1 is 1.04 bits per heavy atom. The van der Waals surface area contributed by atoms with Crippen LogP contribution in [-0.4, -0.2) is 58.1 Å². The zero-order valence-corrected chi connectivity index (χ0v) is 16.5. The molecule has 0 radical (unpaired) electrons. The molecular formula is C19H23ClO6S. The van der Waals surface area contributed by atoms with Gasteiger partial charge in [0.15, 0.2) is 0 Å². The van der Waals surface area contributed by atoms with Crippen molar-refractivity contribution in [2.45, 2.75) is 36.6 Å². The van der Waals surface area contributed by atoms with E-state index in [-0.39, 0.29) is 10.8 Å². The van der Waals surface area contributed by atoms with Crippen LogP contribution in [0.3, 0.4) is 0 Å². The van der Waals surface area contributed by atoms with E-state index in [4.69, 9.17) is 21.1 Å². The summed E-state index contributed by atoms with van der Waals surface area (Å²) < 4.78 is 10.7. The van der Waals surface area contributed by atoms with E-state index in [1.54, 1.807) is 30.0 Å². The summed E-state index contributed by atoms with van der Waals surface area (Å²) in [6, 6.07) is 13.1. The molecule has 0 fully saturated rings. The number of rotatable bonds is 9. The molecule has 2 rings (SSSR count). The molecule has 2 aromatic carbocycles. The summed E-state index contributed by atoms with van der Waals surface area (Å²) in [6.07, 6.45) is -3.58. The summed E-state index contributed by atoms with van der Waals surface area (Å²) in [5.41, 5.74) is 1.85. The summed E-state index contributed by atoms with van der Waals surface area (Å²) in [7, 11) is 0. The fraction of sp³-hybridized carbons (Fsp3) is 0.368. The van der Waals surface area contributed by atoms with Crippen LogP contribution in [-0.2, 0) is 4.74 Å². The van der Waals surface area contributed by atoms with Crippen molar-refractivity contribution >= 4 is 23.4 Å². The van der Waals surface area contributed by atoms with Crippen LogP contribution in [0.1, 0.15) is 6.92 Å². The molecule has 0 aliphatic heterocycles. The van der Waals surface area contributed by atoms with Crippen molar-refractivity contribution in [3.63, 3.8) is 0 Å². The summed E-state index contributed by atoms with van der Waals surface area (Å²) in [5.74, 6) is 0.182. The summed E-state index contributed by atoms with van der Waals surface area (Å²) in [4.78, 5) is 1.15. The lowest BCUT2D eigenvalue weighted by molar-refractivity contribution is -0.250. The highest BCUT2D eigenvalue weighted by atomic mass is 35.5. The van der Waals surface area contributed by atoms with Gasteiger partial charge in [0.1, 0.15) is 11.9 Å². The molecule has 0 spiro atoms. The molecule has 6 nitrogen and oxygen atoms in total. The number of ether oxygens (including phenoxy) is 2. The van der Waals surface area contributed by atoms with Crippen LogP contribution in [0.15, 0.2) is 47.4 Å². The van der Waals surface area contributed by atoms with Gasteiger partial charge >= 0.3 is 0 Å². The lowest BCUT2D eigenvalue weighted by Crippen LogP contribution is -2.42. The molecular weight excluding hydrogens is 392 g/mol. The van der Waals surface area contributed by atoms with Crippen LogP contribution >= 0.6 is 23.4 Å². The number of thioether (sulfide) groups is 1. The summed E-state index contributed by atoms with van der Waals surface area (Å²) in [6.45, 7) is 0.898. The van der Waals surface area contributed by atoms with E-state index in [2.05, 4.69) is 0 Å². The predicted octanol–water partition coefficient (Wildman–Crippen LogP) is 2.50. The van der Waals surface area contributed by atoms with E-state index in [0.29, 0.717) is 0 Å². The van der Waals surface area contributed by atoms with E-state index < -0.39 is 31.4 Å². The Balaban J connectivity index is 2.17. The molecule has 0 saturated heterocycles. The third kappa shape index (κ3) is 6.08. The molecule has 0 heterocycles. The maximum Gasteiger partial charge on any atom is 0.251 e. The first kappa shape index (κ1) is 22.0. The van der Waals surface area contributed by atoms with Gasteiger partial charge in [-0.2, -0.15) is 0 Å². The number of benzene rings is 2. The Kier molecular flexibility index (Phi) is 8.37. The molecule has 27 heavy (non-hydrogen) atoms. The van der Waals surface area contributed by atoms with Crippen LogP contribution in [0.5, 0.6) is 5.75 Å². The first-order valence-electron chi connectivity index (χ1n) is 8.27. The Morgan fingerprint density at radius 3 is 2.15 bits per heavy atom. The molecule has 4 N–H and O–H groups in total. The van der Waals surface area contributed by atoms with Crippen LogP contribution < -0.4 is 4.74 Å². The second-order valence-electron chi connectivity index (χ2n) is 5.87. The van der Waals surface area contributed by atoms with Crippen molar-refractivity contribution in [3.8, 4) is 16.9 Å². The topological polar surface area (TPSA) is 99.4 Å². The second-order valence-corrected chi connectivity index (χ2v) is 7.16. The molecule has 148 valence electrons. The number of aliphatic hydroxyl groups is 4. The first-order chi connectivity index (χ1) is 12.8. The van der Waals surface area contributed by atoms with Crippen molar-refractivity contribution in [2.24, 2.45) is 0 Å². The molecule has 0 bridgehead atoms. The number of aliphatic hydroxyl groups excluding tert-OH is 3. The predicted molar refractivity (Wildman–Crippen MR) is 105 cm³/mol. The van der Waals surface area contributed by atoms with E-state index in [9.17, 15) is 20.4 Å². The minimum absolute atomic E-state index is 0.182. The van der Waals surface area contributed by atoms with Gasteiger partial charge in [-0.1, -0.05) is 29.8 Å². The van der Waals surface area contributed by atoms with E-state index >= 15 is 0 Å². The number of hydrogen-bond acceptors (Lipinski definition) is 7. The monoisotopic (exact) mass is 414 g/mol. The van der Waals surface area contributed by atoms with Crippen LogP contribution in [0, 0.1) is 0 Å². The zero-order chi connectivity index (χ0) is 20.0. The average molecular weight is 415 g/mol. The van der Waals surface area contributed by atoms with Gasteiger partial charge in [0, 0.05) is 4.90 Å². The fourth-order valence-corrected chi connectivity index (χ4v) is 2.96. The zero-order valence-electron chi connectivity index (χ0n) is 14.9. The summed E-state index contributed by atoms with van der Waals surface area (Å²) in [5, 5.41) is 37.9. The minimum Gasteiger partial charge on any atom is -0.458 e. The first-order valence-corrected chi connectivity index (χ1v) is 9.87. The Morgan fingerprint density at radius 2 is 1.67 bits per heavy atom. The van der Waals surface area contributed by atoms with Gasteiger partial charge in [-0.25, -0.2) is 0 Å². The van der Waals surface area contributed by atoms with Crippen molar-refractivity contribution in [3.05, 3.63) is 47.5 Å². The highest BCUT2D eigenvalue weighted by Gasteiger charge is 2.27. The second kappa shape index (κ2) is 10.3. The van der Waals surface area contributed by atoms with Gasteiger partial charge < -0.3 is 29.9 Å². The average Bonchev–Trinajstić information content (AvgIpc) is 2.65. The minimum atomic E-state index is -1.99. The highest BCUT2D eigenvalue weighted by molar-refractivity contribution is 7.98. The van der Waals surface area contributed by atoms with Gasteiger partial charge in [-0.05, 0) is 48.6 Å². The Labute approximate surface area is 167 Å². The largest absolute Gasteiger partial charge is 0.458 e. The molecule has 0 aliphatic carbocycles. The maximum atomic E-state index is 9.53. The quantitative estimate of drug-likeness (QED) is 0.369.